The van der Waals surface area contributed by atoms with Crippen LogP contribution < -0.4 is 14.8 Å². The van der Waals surface area contributed by atoms with Gasteiger partial charge in [-0.15, -0.1) is 0 Å². The van der Waals surface area contributed by atoms with Crippen molar-refractivity contribution in [3.63, 3.8) is 0 Å². The number of pyridine rings is 1. The fourth-order valence-electron chi connectivity index (χ4n) is 3.45. The second kappa shape index (κ2) is 11.2. The van der Waals surface area contributed by atoms with Gasteiger partial charge in [0.25, 0.3) is 11.8 Å². The standard InChI is InChI=1S/C27H24F2N4O5/c1-14(2)27(35)37-23-21(36-4)9-10-30-22(23)25(34)31-15(3)24-32-26(38-33-24)17-7-5-16(6-8-17)18-11-19(28)13-20(29)12-18/h5-15H,1-4H3,(H,31,34)/t15-/m0/s1. The van der Waals surface area contributed by atoms with E-state index in [9.17, 15) is 18.4 Å². The Hall–Kier alpha value is -4.67. The van der Waals surface area contributed by atoms with Crippen molar-refractivity contribution in [1.29, 1.82) is 0 Å². The molecule has 1 N–H and O–H groups in total. The highest BCUT2D eigenvalue weighted by atomic mass is 19.1. The number of rotatable bonds is 8. The summed E-state index contributed by atoms with van der Waals surface area (Å²) in [6.45, 7) is 4.97. The van der Waals surface area contributed by atoms with Gasteiger partial charge in [-0.2, -0.15) is 4.98 Å². The number of hydrogen-bond acceptors (Lipinski definition) is 8. The van der Waals surface area contributed by atoms with Gasteiger partial charge in [0.05, 0.1) is 19.1 Å². The maximum absolute atomic E-state index is 13.5. The number of esters is 1. The minimum absolute atomic E-state index is 0.0922. The molecule has 0 saturated heterocycles. The van der Waals surface area contributed by atoms with Crippen LogP contribution in [0, 0.1) is 17.6 Å². The van der Waals surface area contributed by atoms with Gasteiger partial charge in [0.2, 0.25) is 5.75 Å². The molecule has 196 valence electrons. The van der Waals surface area contributed by atoms with Crippen molar-refractivity contribution in [2.75, 3.05) is 7.11 Å². The Balaban J connectivity index is 1.50. The third kappa shape index (κ3) is 5.83. The minimum Gasteiger partial charge on any atom is -0.493 e. The molecule has 0 aliphatic carbocycles. The number of carbonyl (C=O) groups excluding carboxylic acids is 2. The SMILES string of the molecule is COc1ccnc(C(=O)N[C@@H](C)c2noc(-c3ccc(-c4cc(F)cc(F)c4)cc3)n2)c1OC(=O)C(C)C. The van der Waals surface area contributed by atoms with Gasteiger partial charge in [0, 0.05) is 23.9 Å². The van der Waals surface area contributed by atoms with E-state index >= 15 is 0 Å². The van der Waals surface area contributed by atoms with Crippen LogP contribution in [0.25, 0.3) is 22.6 Å². The van der Waals surface area contributed by atoms with E-state index in [0.717, 1.165) is 6.07 Å². The van der Waals surface area contributed by atoms with E-state index in [1.807, 2.05) is 0 Å². The lowest BCUT2D eigenvalue weighted by atomic mass is 10.0. The molecule has 2 aromatic heterocycles. The molecule has 0 radical (unpaired) electrons. The lowest BCUT2D eigenvalue weighted by Gasteiger charge is -2.15. The summed E-state index contributed by atoms with van der Waals surface area (Å²) in [5, 5.41) is 6.65. The molecule has 4 aromatic rings. The van der Waals surface area contributed by atoms with Gasteiger partial charge in [-0.05, 0) is 42.3 Å². The molecule has 0 bridgehead atoms. The average Bonchev–Trinajstić information content (AvgIpc) is 3.39. The topological polar surface area (TPSA) is 116 Å². The second-order valence-electron chi connectivity index (χ2n) is 8.66. The first kappa shape index (κ1) is 26.4. The Morgan fingerprint density at radius 1 is 0.947 bits per heavy atom. The third-order valence-electron chi connectivity index (χ3n) is 5.48. The third-order valence-corrected chi connectivity index (χ3v) is 5.48. The first-order chi connectivity index (χ1) is 18.2. The summed E-state index contributed by atoms with van der Waals surface area (Å²) in [4.78, 5) is 33.6. The van der Waals surface area contributed by atoms with Crippen LogP contribution >= 0.6 is 0 Å². The molecule has 0 aliphatic heterocycles. The number of halogens is 2. The summed E-state index contributed by atoms with van der Waals surface area (Å²) >= 11 is 0. The lowest BCUT2D eigenvalue weighted by Crippen LogP contribution is -2.29. The Morgan fingerprint density at radius 3 is 2.24 bits per heavy atom. The number of benzene rings is 2. The van der Waals surface area contributed by atoms with Gasteiger partial charge < -0.3 is 19.3 Å². The fraction of sp³-hybridized carbons (Fsp3) is 0.222. The lowest BCUT2D eigenvalue weighted by molar-refractivity contribution is -0.137. The molecule has 0 spiro atoms. The Morgan fingerprint density at radius 2 is 1.61 bits per heavy atom. The summed E-state index contributed by atoms with van der Waals surface area (Å²) in [6.07, 6.45) is 1.36. The largest absolute Gasteiger partial charge is 0.493 e. The number of aromatic nitrogens is 3. The van der Waals surface area contributed by atoms with E-state index in [1.165, 1.54) is 31.5 Å². The van der Waals surface area contributed by atoms with Gasteiger partial charge in [-0.25, -0.2) is 13.8 Å². The molecule has 0 aliphatic rings. The summed E-state index contributed by atoms with van der Waals surface area (Å²) in [7, 11) is 1.39. The van der Waals surface area contributed by atoms with Crippen molar-refractivity contribution in [2.24, 2.45) is 5.92 Å². The van der Waals surface area contributed by atoms with E-state index in [2.05, 4.69) is 20.4 Å². The molecule has 0 fully saturated rings. The molecule has 0 unspecified atom stereocenters. The van der Waals surface area contributed by atoms with Gasteiger partial charge in [-0.3, -0.25) is 9.59 Å². The van der Waals surface area contributed by atoms with Crippen molar-refractivity contribution in [3.8, 4) is 34.1 Å². The first-order valence-corrected chi connectivity index (χ1v) is 11.6. The summed E-state index contributed by atoms with van der Waals surface area (Å²) < 4.78 is 43.0. The molecule has 38 heavy (non-hydrogen) atoms. The first-order valence-electron chi connectivity index (χ1n) is 11.6. The van der Waals surface area contributed by atoms with E-state index in [4.69, 9.17) is 14.0 Å². The Kier molecular flexibility index (Phi) is 7.75. The van der Waals surface area contributed by atoms with E-state index in [1.54, 1.807) is 45.0 Å². The number of amides is 1. The smallest absolute Gasteiger partial charge is 0.313 e. The zero-order valence-corrected chi connectivity index (χ0v) is 21.0. The average molecular weight is 523 g/mol. The number of methoxy groups -OCH3 is 1. The van der Waals surface area contributed by atoms with Crippen LogP contribution in [0.15, 0.2) is 59.3 Å². The quantitative estimate of drug-likeness (QED) is 0.316. The van der Waals surface area contributed by atoms with Gasteiger partial charge in [0.1, 0.15) is 11.6 Å². The minimum atomic E-state index is -0.698. The number of nitrogens with one attached hydrogen (secondary N) is 1. The summed E-state index contributed by atoms with van der Waals surface area (Å²) in [5.41, 5.74) is 1.42. The maximum Gasteiger partial charge on any atom is 0.313 e. The van der Waals surface area contributed by atoms with Gasteiger partial charge in [0.15, 0.2) is 17.3 Å². The summed E-state index contributed by atoms with van der Waals surface area (Å²) in [5.74, 6) is -2.50. The highest BCUT2D eigenvalue weighted by molar-refractivity contribution is 5.97. The van der Waals surface area contributed by atoms with Gasteiger partial charge >= 0.3 is 5.97 Å². The van der Waals surface area contributed by atoms with Crippen LogP contribution in [0.3, 0.4) is 0 Å². The zero-order valence-electron chi connectivity index (χ0n) is 21.0. The monoisotopic (exact) mass is 522 g/mol. The van der Waals surface area contributed by atoms with Crippen LogP contribution in [0.4, 0.5) is 8.78 Å². The number of ether oxygens (including phenoxy) is 2. The van der Waals surface area contributed by atoms with Crippen molar-refractivity contribution in [2.45, 2.75) is 26.8 Å². The van der Waals surface area contributed by atoms with Crippen LogP contribution in [0.1, 0.15) is 43.1 Å². The molecule has 4 rings (SSSR count). The normalized spacial score (nSPS) is 11.8. The number of hydrogen-bond donors (Lipinski definition) is 1. The molecular weight excluding hydrogens is 498 g/mol. The highest BCUT2D eigenvalue weighted by Crippen LogP contribution is 2.31. The van der Waals surface area contributed by atoms with E-state index in [-0.39, 0.29) is 28.9 Å². The van der Waals surface area contributed by atoms with E-state index in [0.29, 0.717) is 16.7 Å². The molecule has 1 amide bonds. The predicted octanol–water partition coefficient (Wildman–Crippen LogP) is 5.14. The predicted molar refractivity (Wildman–Crippen MR) is 132 cm³/mol. The Labute approximate surface area is 216 Å². The van der Waals surface area contributed by atoms with Crippen molar-refractivity contribution >= 4 is 11.9 Å². The van der Waals surface area contributed by atoms with Crippen LogP contribution in [-0.4, -0.2) is 34.1 Å². The van der Waals surface area contributed by atoms with Crippen LogP contribution in [-0.2, 0) is 4.79 Å². The molecular formula is C27H24F2N4O5. The fourth-order valence-corrected chi connectivity index (χ4v) is 3.45. The van der Waals surface area contributed by atoms with Gasteiger partial charge in [-0.1, -0.05) is 31.1 Å². The molecule has 11 heteroatoms. The molecule has 0 saturated carbocycles. The molecule has 2 heterocycles. The highest BCUT2D eigenvalue weighted by Gasteiger charge is 2.25. The van der Waals surface area contributed by atoms with Crippen molar-refractivity contribution in [1.82, 2.24) is 20.4 Å². The molecule has 9 nitrogen and oxygen atoms in total. The molecule has 2 aromatic carbocycles. The Bertz CT molecular complexity index is 1450. The van der Waals surface area contributed by atoms with Crippen LogP contribution in [0.5, 0.6) is 11.5 Å². The second-order valence-corrected chi connectivity index (χ2v) is 8.66. The molecule has 1 atom stereocenters. The zero-order chi connectivity index (χ0) is 27.4. The summed E-state index contributed by atoms with van der Waals surface area (Å²) in [6, 6.07) is 10.8. The van der Waals surface area contributed by atoms with Crippen LogP contribution in [0.2, 0.25) is 0 Å². The van der Waals surface area contributed by atoms with E-state index < -0.39 is 35.5 Å². The number of nitrogens with zero attached hydrogens (tertiary/aromatic N) is 3. The van der Waals surface area contributed by atoms with Crippen molar-refractivity contribution < 1.29 is 32.4 Å². The number of carbonyl (C=O) groups is 2. The maximum atomic E-state index is 13.5. The van der Waals surface area contributed by atoms with Crippen molar-refractivity contribution in [3.05, 3.63) is 77.9 Å².